The molecule has 1 aromatic carbocycles. The third-order valence-corrected chi connectivity index (χ3v) is 2.39. The first-order chi connectivity index (χ1) is 7.90. The zero-order valence-electron chi connectivity index (χ0n) is 9.38. The highest BCUT2D eigenvalue weighted by Gasteiger charge is 2.13. The van der Waals surface area contributed by atoms with E-state index in [1.165, 1.54) is 17.0 Å². The number of amides is 1. The molecule has 0 heterocycles. The van der Waals surface area contributed by atoms with E-state index in [0.29, 0.717) is 18.0 Å². The lowest BCUT2D eigenvalue weighted by Crippen LogP contribution is -2.29. The van der Waals surface area contributed by atoms with Gasteiger partial charge in [-0.05, 0) is 12.1 Å². The fraction of sp³-hybridized carbons (Fsp3) is 0.273. The number of thiocarbonyl (C=S) groups is 1. The van der Waals surface area contributed by atoms with Gasteiger partial charge in [-0.25, -0.2) is 0 Å². The Morgan fingerprint density at radius 1 is 1.35 bits per heavy atom. The smallest absolute Gasteiger partial charge is 0.253 e. The van der Waals surface area contributed by atoms with Crippen LogP contribution in [0.1, 0.15) is 16.8 Å². The van der Waals surface area contributed by atoms with Crippen molar-refractivity contribution in [2.45, 2.75) is 6.42 Å². The number of phenolic OH excluding ortho intramolecular Hbond substituents is 2. The minimum atomic E-state index is -0.313. The van der Waals surface area contributed by atoms with E-state index in [0.717, 1.165) is 6.07 Å². The Bertz CT molecular complexity index is 428. The topological polar surface area (TPSA) is 86.8 Å². The molecule has 17 heavy (non-hydrogen) atoms. The first-order valence-corrected chi connectivity index (χ1v) is 5.38. The van der Waals surface area contributed by atoms with Crippen molar-refractivity contribution in [1.82, 2.24) is 4.90 Å². The summed E-state index contributed by atoms with van der Waals surface area (Å²) in [5.41, 5.74) is 5.56. The molecule has 0 radical (unpaired) electrons. The number of aromatic hydroxyl groups is 2. The molecule has 0 unspecified atom stereocenters. The van der Waals surface area contributed by atoms with E-state index in [4.69, 9.17) is 18.0 Å². The average molecular weight is 254 g/mol. The van der Waals surface area contributed by atoms with Gasteiger partial charge in [-0.2, -0.15) is 0 Å². The molecule has 4 N–H and O–H groups in total. The molecule has 0 aliphatic rings. The zero-order chi connectivity index (χ0) is 13.0. The molecule has 1 amide bonds. The maximum atomic E-state index is 11.9. The molecule has 92 valence electrons. The Morgan fingerprint density at radius 2 is 1.88 bits per heavy atom. The minimum Gasteiger partial charge on any atom is -0.508 e. The normalized spacial score (nSPS) is 9.94. The van der Waals surface area contributed by atoms with E-state index in [9.17, 15) is 15.0 Å². The highest BCUT2D eigenvalue weighted by Crippen LogP contribution is 2.21. The van der Waals surface area contributed by atoms with Gasteiger partial charge in [-0.1, -0.05) is 12.2 Å². The number of nitrogens with zero attached hydrogens (tertiary/aromatic N) is 1. The van der Waals surface area contributed by atoms with Gasteiger partial charge >= 0.3 is 0 Å². The van der Waals surface area contributed by atoms with Gasteiger partial charge in [-0.15, -0.1) is 0 Å². The van der Waals surface area contributed by atoms with E-state index in [1.54, 1.807) is 7.05 Å². The fourth-order valence-corrected chi connectivity index (χ4v) is 1.41. The van der Waals surface area contributed by atoms with Gasteiger partial charge in [0.15, 0.2) is 0 Å². The van der Waals surface area contributed by atoms with Crippen molar-refractivity contribution in [3.05, 3.63) is 23.8 Å². The monoisotopic (exact) mass is 254 g/mol. The molecule has 1 rings (SSSR count). The van der Waals surface area contributed by atoms with Crippen molar-refractivity contribution in [1.29, 1.82) is 0 Å². The van der Waals surface area contributed by atoms with Crippen LogP contribution >= 0.6 is 12.2 Å². The number of phenols is 2. The highest BCUT2D eigenvalue weighted by molar-refractivity contribution is 7.80. The van der Waals surface area contributed by atoms with Crippen molar-refractivity contribution >= 4 is 23.1 Å². The summed E-state index contributed by atoms with van der Waals surface area (Å²) >= 11 is 4.72. The van der Waals surface area contributed by atoms with Gasteiger partial charge in [0.25, 0.3) is 5.91 Å². The zero-order valence-corrected chi connectivity index (χ0v) is 10.2. The van der Waals surface area contributed by atoms with Crippen molar-refractivity contribution in [3.8, 4) is 11.5 Å². The fourth-order valence-electron chi connectivity index (χ4n) is 1.32. The Balaban J connectivity index is 2.77. The molecule has 1 aromatic rings. The molecular weight excluding hydrogens is 240 g/mol. The number of carbonyl (C=O) groups is 1. The van der Waals surface area contributed by atoms with Crippen LogP contribution in [0.2, 0.25) is 0 Å². The molecule has 0 saturated carbocycles. The number of benzene rings is 1. The van der Waals surface area contributed by atoms with Crippen LogP contribution in [-0.2, 0) is 0 Å². The number of nitrogens with two attached hydrogens (primary N) is 1. The molecule has 0 aromatic heterocycles. The van der Waals surface area contributed by atoms with Crippen LogP contribution < -0.4 is 5.73 Å². The Labute approximate surface area is 104 Å². The van der Waals surface area contributed by atoms with Crippen LogP contribution in [-0.4, -0.2) is 39.6 Å². The minimum absolute atomic E-state index is 0.156. The summed E-state index contributed by atoms with van der Waals surface area (Å²) in [6, 6.07) is 3.74. The first-order valence-electron chi connectivity index (χ1n) is 4.97. The lowest BCUT2D eigenvalue weighted by Gasteiger charge is -2.17. The Hall–Kier alpha value is -1.82. The van der Waals surface area contributed by atoms with Crippen molar-refractivity contribution in [2.75, 3.05) is 13.6 Å². The third kappa shape index (κ3) is 3.92. The van der Waals surface area contributed by atoms with Gasteiger partial charge in [0.1, 0.15) is 11.5 Å². The van der Waals surface area contributed by atoms with Gasteiger partial charge in [0, 0.05) is 31.6 Å². The Morgan fingerprint density at radius 3 is 2.35 bits per heavy atom. The molecule has 0 aliphatic carbocycles. The van der Waals surface area contributed by atoms with Crippen molar-refractivity contribution < 1.29 is 15.0 Å². The van der Waals surface area contributed by atoms with Gasteiger partial charge in [0.05, 0.1) is 4.99 Å². The van der Waals surface area contributed by atoms with E-state index in [1.807, 2.05) is 0 Å². The summed E-state index contributed by atoms with van der Waals surface area (Å²) in [5, 5.41) is 18.5. The second-order valence-electron chi connectivity index (χ2n) is 3.68. The summed E-state index contributed by atoms with van der Waals surface area (Å²) in [7, 11) is 1.60. The van der Waals surface area contributed by atoms with Gasteiger partial charge in [-0.3, -0.25) is 4.79 Å². The van der Waals surface area contributed by atoms with E-state index >= 15 is 0 Å². The third-order valence-electron chi connectivity index (χ3n) is 2.19. The maximum absolute atomic E-state index is 11.9. The molecule has 0 spiro atoms. The maximum Gasteiger partial charge on any atom is 0.253 e. The molecular formula is C11H14N2O3S. The average Bonchev–Trinajstić information content (AvgIpc) is 2.23. The molecule has 0 aliphatic heterocycles. The summed E-state index contributed by atoms with van der Waals surface area (Å²) in [6.07, 6.45) is 0.433. The summed E-state index contributed by atoms with van der Waals surface area (Å²) in [4.78, 5) is 13.6. The number of rotatable bonds is 4. The number of hydrogen-bond acceptors (Lipinski definition) is 4. The standard InChI is InChI=1S/C11H14N2O3S/c1-13(3-2-10(12)17)11(16)7-4-8(14)6-9(15)5-7/h4-6,14-15H,2-3H2,1H3,(H2,12,17). The number of hydrogen-bond donors (Lipinski definition) is 3. The summed E-state index contributed by atoms with van der Waals surface area (Å²) in [6.45, 7) is 0.393. The molecule has 0 atom stereocenters. The van der Waals surface area contributed by atoms with Crippen LogP contribution in [0.4, 0.5) is 0 Å². The Kier molecular flexibility index (Phi) is 4.28. The lowest BCUT2D eigenvalue weighted by molar-refractivity contribution is 0.0798. The molecule has 0 saturated heterocycles. The van der Waals surface area contributed by atoms with Crippen LogP contribution in [0.25, 0.3) is 0 Å². The second kappa shape index (κ2) is 5.49. The first kappa shape index (κ1) is 13.2. The van der Waals surface area contributed by atoms with Crippen molar-refractivity contribution in [3.63, 3.8) is 0 Å². The van der Waals surface area contributed by atoms with Crippen molar-refractivity contribution in [2.24, 2.45) is 5.73 Å². The highest BCUT2D eigenvalue weighted by atomic mass is 32.1. The van der Waals surface area contributed by atoms with Crippen LogP contribution in [0.3, 0.4) is 0 Å². The van der Waals surface area contributed by atoms with Crippen LogP contribution in [0.15, 0.2) is 18.2 Å². The van der Waals surface area contributed by atoms with E-state index in [2.05, 4.69) is 0 Å². The molecule has 0 bridgehead atoms. The van der Waals surface area contributed by atoms with E-state index < -0.39 is 0 Å². The van der Waals surface area contributed by atoms with Gasteiger partial charge < -0.3 is 20.8 Å². The quantitative estimate of drug-likeness (QED) is 0.693. The van der Waals surface area contributed by atoms with Crippen LogP contribution in [0.5, 0.6) is 11.5 Å². The summed E-state index contributed by atoms with van der Waals surface area (Å²) in [5.74, 6) is -0.625. The molecule has 6 heteroatoms. The van der Waals surface area contributed by atoms with E-state index in [-0.39, 0.29) is 23.0 Å². The second-order valence-corrected chi connectivity index (χ2v) is 4.21. The predicted octanol–water partition coefficient (Wildman–Crippen LogP) is 0.846. The molecule has 5 nitrogen and oxygen atoms in total. The largest absolute Gasteiger partial charge is 0.508 e. The predicted molar refractivity (Wildman–Crippen MR) is 68.1 cm³/mol. The summed E-state index contributed by atoms with van der Waals surface area (Å²) < 4.78 is 0. The SMILES string of the molecule is CN(CCC(N)=S)C(=O)c1cc(O)cc(O)c1. The molecule has 0 fully saturated rings. The lowest BCUT2D eigenvalue weighted by atomic mass is 10.1. The van der Waals surface area contributed by atoms with Crippen LogP contribution in [0, 0.1) is 0 Å². The number of carbonyl (C=O) groups excluding carboxylic acids is 1. The van der Waals surface area contributed by atoms with Gasteiger partial charge in [0.2, 0.25) is 0 Å².